The zero-order valence-corrected chi connectivity index (χ0v) is 29.3. The lowest BCUT2D eigenvalue weighted by molar-refractivity contribution is 0.753. The van der Waals surface area contributed by atoms with Gasteiger partial charge in [0, 0.05) is 0 Å². The van der Waals surface area contributed by atoms with Crippen molar-refractivity contribution in [1.29, 1.82) is 0 Å². The van der Waals surface area contributed by atoms with Crippen LogP contribution in [0.4, 0.5) is 0 Å². The summed E-state index contributed by atoms with van der Waals surface area (Å²) in [5.41, 5.74) is 18.3. The average molecular weight is 679 g/mol. The van der Waals surface area contributed by atoms with Crippen molar-refractivity contribution in [3.8, 4) is 33.4 Å². The normalized spacial score (nSPS) is 15.3. The summed E-state index contributed by atoms with van der Waals surface area (Å²) in [4.78, 5) is 0. The second-order valence-electron chi connectivity index (χ2n) is 15.8. The van der Waals surface area contributed by atoms with Crippen molar-refractivity contribution < 1.29 is 0 Å². The van der Waals surface area contributed by atoms with Crippen LogP contribution >= 0.6 is 0 Å². The van der Waals surface area contributed by atoms with E-state index in [-0.39, 0.29) is 0 Å². The largest absolute Gasteiger partial charge is 0.0726 e. The molecule has 0 fully saturated rings. The van der Waals surface area contributed by atoms with Gasteiger partial charge in [0.05, 0.1) is 10.8 Å². The van der Waals surface area contributed by atoms with Gasteiger partial charge < -0.3 is 0 Å². The molecule has 0 aromatic heterocycles. The van der Waals surface area contributed by atoms with Crippen molar-refractivity contribution in [2.45, 2.75) is 10.8 Å². The Morgan fingerprint density at radius 1 is 0.241 bits per heavy atom. The maximum Gasteiger partial charge on any atom is 0.0726 e. The van der Waals surface area contributed by atoms with Crippen LogP contribution in [0.1, 0.15) is 44.5 Å². The number of rotatable bonds is 0. The second-order valence-corrected chi connectivity index (χ2v) is 15.8. The molecule has 0 aliphatic heterocycles. The minimum atomic E-state index is -0.483. The monoisotopic (exact) mass is 678 g/mol. The highest BCUT2D eigenvalue weighted by atomic mass is 14.6. The molecule has 4 aliphatic carbocycles. The summed E-state index contributed by atoms with van der Waals surface area (Å²) in [6.45, 7) is 0. The smallest absolute Gasteiger partial charge is 0.0619 e. The number of hydrogen-bond donors (Lipinski definition) is 0. The van der Waals surface area contributed by atoms with Crippen LogP contribution in [-0.4, -0.2) is 0 Å². The predicted molar refractivity (Wildman–Crippen MR) is 224 cm³/mol. The Hall–Kier alpha value is -6.76. The van der Waals surface area contributed by atoms with Crippen molar-refractivity contribution in [1.82, 2.24) is 0 Å². The Morgan fingerprint density at radius 3 is 0.963 bits per heavy atom. The molecule has 0 heterocycles. The molecule has 0 unspecified atom stereocenters. The maximum atomic E-state index is 2.56. The fourth-order valence-electron chi connectivity index (χ4n) is 12.1. The quantitative estimate of drug-likeness (QED) is 0.140. The number of fused-ring (bicyclic) bond motifs is 18. The minimum absolute atomic E-state index is 0.483. The van der Waals surface area contributed by atoms with E-state index in [4.69, 9.17) is 0 Å². The lowest BCUT2D eigenvalue weighted by Gasteiger charge is -2.47. The lowest BCUT2D eigenvalue weighted by Crippen LogP contribution is -2.37. The molecule has 4 aliphatic rings. The average Bonchev–Trinajstić information content (AvgIpc) is 3.70. The fraction of sp³-hybridized carbons (Fsp3) is 0.0370. The summed E-state index contributed by atoms with van der Waals surface area (Å²) in [6, 6.07) is 70.1. The molecule has 2 spiro atoms. The van der Waals surface area contributed by atoms with E-state index in [9.17, 15) is 0 Å². The second kappa shape index (κ2) is 9.23. The van der Waals surface area contributed by atoms with E-state index < -0.39 is 10.8 Å². The Balaban J connectivity index is 1.33. The van der Waals surface area contributed by atoms with Gasteiger partial charge in [0.1, 0.15) is 0 Å². The van der Waals surface area contributed by atoms with Gasteiger partial charge in [0.15, 0.2) is 0 Å². The minimum Gasteiger partial charge on any atom is -0.0619 e. The molecule has 0 bridgehead atoms. The topological polar surface area (TPSA) is 0 Å². The van der Waals surface area contributed by atoms with Crippen LogP contribution < -0.4 is 0 Å². The van der Waals surface area contributed by atoms with Gasteiger partial charge in [-0.1, -0.05) is 170 Å². The Morgan fingerprint density at radius 2 is 0.574 bits per heavy atom. The zero-order chi connectivity index (χ0) is 34.9. The van der Waals surface area contributed by atoms with E-state index in [2.05, 4.69) is 182 Å². The van der Waals surface area contributed by atoms with Gasteiger partial charge in [-0.05, 0) is 133 Å². The third-order valence-corrected chi connectivity index (χ3v) is 13.8. The van der Waals surface area contributed by atoms with Crippen LogP contribution in [0.2, 0.25) is 0 Å². The lowest BCUT2D eigenvalue weighted by atomic mass is 9.54. The van der Waals surface area contributed by atoms with Crippen LogP contribution in [0.3, 0.4) is 0 Å². The first-order chi connectivity index (χ1) is 26.8. The van der Waals surface area contributed by atoms with E-state index in [1.807, 2.05) is 0 Å². The molecule has 10 aromatic rings. The van der Waals surface area contributed by atoms with Crippen molar-refractivity contribution in [2.24, 2.45) is 0 Å². The first-order valence-corrected chi connectivity index (χ1v) is 19.2. The summed E-state index contributed by atoms with van der Waals surface area (Å²) < 4.78 is 0. The van der Waals surface area contributed by atoms with Crippen molar-refractivity contribution in [2.75, 3.05) is 0 Å². The molecule has 0 N–H and O–H groups in total. The first kappa shape index (κ1) is 27.8. The SMILES string of the molecule is c1ccc2c(c1)-c1ccccc1C21c2ccc3c4c(cc5ccccc53)C3(c5ccccc5-c5ccccc53)c3ccc5c(c1cc1ccccc15)c3-c24. The predicted octanol–water partition coefficient (Wildman–Crippen LogP) is 13.3. The van der Waals surface area contributed by atoms with Gasteiger partial charge in [-0.25, -0.2) is 0 Å². The van der Waals surface area contributed by atoms with E-state index in [0.29, 0.717) is 0 Å². The van der Waals surface area contributed by atoms with Crippen molar-refractivity contribution >= 4 is 43.1 Å². The van der Waals surface area contributed by atoms with Gasteiger partial charge >= 0.3 is 0 Å². The first-order valence-electron chi connectivity index (χ1n) is 19.2. The molecule has 0 radical (unpaired) electrons. The summed E-state index contributed by atoms with van der Waals surface area (Å²) in [7, 11) is 0. The molecule has 14 rings (SSSR count). The van der Waals surface area contributed by atoms with Gasteiger partial charge in [0.2, 0.25) is 0 Å². The molecule has 10 aromatic carbocycles. The van der Waals surface area contributed by atoms with E-state index in [0.717, 1.165) is 0 Å². The molecule has 0 atom stereocenters. The fourth-order valence-corrected chi connectivity index (χ4v) is 12.1. The highest BCUT2D eigenvalue weighted by molar-refractivity contribution is 6.26. The summed E-state index contributed by atoms with van der Waals surface area (Å²) in [5.74, 6) is 0. The van der Waals surface area contributed by atoms with Crippen molar-refractivity contribution in [3.05, 3.63) is 226 Å². The molecular weight excluding hydrogens is 649 g/mol. The van der Waals surface area contributed by atoms with Gasteiger partial charge in [0.25, 0.3) is 0 Å². The van der Waals surface area contributed by atoms with E-state index in [1.54, 1.807) is 0 Å². The Bertz CT molecular complexity index is 3070. The third-order valence-electron chi connectivity index (χ3n) is 13.8. The highest BCUT2D eigenvalue weighted by Gasteiger charge is 2.56. The number of hydrogen-bond acceptors (Lipinski definition) is 0. The standard InChI is InChI=1S/C54H30/c1-3-15-33-31(13-1)29-47-49-39(33)25-27-46-51(49)52-45(53(47)41-21-9-5-17-35(41)36-18-6-10-22-42(36)53)28-26-40-34-16-4-2-14-32(34)30-48(50(40)52)54(46)43-23-11-7-19-37(43)38-20-8-12-24-44(38)54/h1-30H. The third kappa shape index (κ3) is 2.82. The van der Waals surface area contributed by atoms with E-state index in [1.165, 1.54) is 121 Å². The molecule has 0 nitrogen and oxygen atoms in total. The number of benzene rings is 10. The Labute approximate surface area is 312 Å². The van der Waals surface area contributed by atoms with Gasteiger partial charge in [-0.3, -0.25) is 0 Å². The molecule has 0 saturated carbocycles. The van der Waals surface area contributed by atoms with Gasteiger partial charge in [-0.15, -0.1) is 0 Å². The van der Waals surface area contributed by atoms with E-state index >= 15 is 0 Å². The maximum absolute atomic E-state index is 2.56. The summed E-state index contributed by atoms with van der Waals surface area (Å²) >= 11 is 0. The van der Waals surface area contributed by atoms with Gasteiger partial charge in [-0.2, -0.15) is 0 Å². The summed E-state index contributed by atoms with van der Waals surface area (Å²) in [6.07, 6.45) is 0. The molecule has 246 valence electrons. The van der Waals surface area contributed by atoms with Crippen LogP contribution in [0.25, 0.3) is 76.5 Å². The van der Waals surface area contributed by atoms with Crippen LogP contribution in [-0.2, 0) is 10.8 Å². The summed E-state index contributed by atoms with van der Waals surface area (Å²) in [5, 5.41) is 10.7. The zero-order valence-electron chi connectivity index (χ0n) is 29.3. The highest BCUT2D eigenvalue weighted by Crippen LogP contribution is 2.69. The van der Waals surface area contributed by atoms with Crippen LogP contribution in [0.5, 0.6) is 0 Å². The van der Waals surface area contributed by atoms with Crippen molar-refractivity contribution in [3.63, 3.8) is 0 Å². The molecule has 54 heavy (non-hydrogen) atoms. The molecule has 0 heteroatoms. The molecular formula is C54H30. The molecule has 0 saturated heterocycles. The molecule has 0 amide bonds. The van der Waals surface area contributed by atoms with Crippen LogP contribution in [0.15, 0.2) is 182 Å². The Kier molecular flexibility index (Phi) is 4.76. The van der Waals surface area contributed by atoms with Crippen LogP contribution in [0, 0.1) is 0 Å².